The number of aryl methyl sites for hydroxylation is 1. The maximum atomic E-state index is 5.92. The van der Waals surface area contributed by atoms with Gasteiger partial charge in [0.2, 0.25) is 0 Å². The summed E-state index contributed by atoms with van der Waals surface area (Å²) >= 11 is 5.92. The standard InChI is InChI=1S/C15H17ClN2/c1-10(2)14-13(8-16)9-17-15(18-14)12-6-4-11(3)5-7-12/h4-7,9-10H,8H2,1-3H3. The topological polar surface area (TPSA) is 25.8 Å². The van der Waals surface area contributed by atoms with E-state index in [4.69, 9.17) is 11.6 Å². The van der Waals surface area contributed by atoms with Crippen LogP contribution in [0.25, 0.3) is 11.4 Å². The summed E-state index contributed by atoms with van der Waals surface area (Å²) in [6, 6.07) is 8.25. The second-order valence-electron chi connectivity index (χ2n) is 4.76. The number of rotatable bonds is 3. The van der Waals surface area contributed by atoms with Gasteiger partial charge in [-0.3, -0.25) is 0 Å². The van der Waals surface area contributed by atoms with E-state index in [-0.39, 0.29) is 0 Å². The minimum atomic E-state index is 0.353. The minimum Gasteiger partial charge on any atom is -0.236 e. The molecule has 0 bridgehead atoms. The molecule has 0 saturated carbocycles. The van der Waals surface area contributed by atoms with E-state index < -0.39 is 0 Å². The molecule has 2 nitrogen and oxygen atoms in total. The van der Waals surface area contributed by atoms with E-state index in [2.05, 4.69) is 55.0 Å². The van der Waals surface area contributed by atoms with E-state index in [9.17, 15) is 0 Å². The summed E-state index contributed by atoms with van der Waals surface area (Å²) in [7, 11) is 0. The Balaban J connectivity index is 2.46. The van der Waals surface area contributed by atoms with E-state index in [1.165, 1.54) is 5.56 Å². The lowest BCUT2D eigenvalue weighted by Crippen LogP contribution is -2.02. The summed E-state index contributed by atoms with van der Waals surface area (Å²) in [5, 5.41) is 0. The molecule has 0 atom stereocenters. The van der Waals surface area contributed by atoms with Crippen molar-refractivity contribution in [3.63, 3.8) is 0 Å². The van der Waals surface area contributed by atoms with Crippen molar-refractivity contribution in [2.45, 2.75) is 32.6 Å². The highest BCUT2D eigenvalue weighted by molar-refractivity contribution is 6.17. The highest BCUT2D eigenvalue weighted by Gasteiger charge is 2.11. The van der Waals surface area contributed by atoms with E-state index in [0.29, 0.717) is 11.8 Å². The maximum Gasteiger partial charge on any atom is 0.159 e. The Kier molecular flexibility index (Phi) is 3.97. The number of aromatic nitrogens is 2. The molecular formula is C15H17ClN2. The highest BCUT2D eigenvalue weighted by atomic mass is 35.5. The molecule has 0 spiro atoms. The Morgan fingerprint density at radius 1 is 1.17 bits per heavy atom. The normalized spacial score (nSPS) is 10.9. The highest BCUT2D eigenvalue weighted by Crippen LogP contribution is 2.22. The molecule has 0 aliphatic heterocycles. The smallest absolute Gasteiger partial charge is 0.159 e. The lowest BCUT2D eigenvalue weighted by Gasteiger charge is -2.11. The van der Waals surface area contributed by atoms with Crippen molar-refractivity contribution in [1.29, 1.82) is 0 Å². The van der Waals surface area contributed by atoms with E-state index in [1.54, 1.807) is 0 Å². The van der Waals surface area contributed by atoms with Gasteiger partial charge in [0.05, 0.1) is 11.6 Å². The molecule has 0 unspecified atom stereocenters. The summed E-state index contributed by atoms with van der Waals surface area (Å²) in [6.45, 7) is 6.31. The van der Waals surface area contributed by atoms with Crippen LogP contribution in [0.15, 0.2) is 30.5 Å². The first-order valence-corrected chi connectivity index (χ1v) is 6.64. The summed E-state index contributed by atoms with van der Waals surface area (Å²) in [4.78, 5) is 9.04. The van der Waals surface area contributed by atoms with Crippen LogP contribution in [-0.4, -0.2) is 9.97 Å². The van der Waals surface area contributed by atoms with Crippen LogP contribution >= 0.6 is 11.6 Å². The van der Waals surface area contributed by atoms with Gasteiger partial charge in [-0.05, 0) is 12.8 Å². The zero-order valence-electron chi connectivity index (χ0n) is 10.9. The molecular weight excluding hydrogens is 244 g/mol. The fourth-order valence-corrected chi connectivity index (χ4v) is 2.07. The quantitative estimate of drug-likeness (QED) is 0.769. The van der Waals surface area contributed by atoms with Gasteiger partial charge in [0.25, 0.3) is 0 Å². The Morgan fingerprint density at radius 2 is 1.83 bits per heavy atom. The largest absolute Gasteiger partial charge is 0.236 e. The van der Waals surface area contributed by atoms with Crippen molar-refractivity contribution < 1.29 is 0 Å². The minimum absolute atomic E-state index is 0.353. The van der Waals surface area contributed by atoms with Crippen LogP contribution in [0.5, 0.6) is 0 Å². The van der Waals surface area contributed by atoms with E-state index in [1.807, 2.05) is 6.20 Å². The first-order valence-electron chi connectivity index (χ1n) is 6.10. The summed E-state index contributed by atoms with van der Waals surface area (Å²) < 4.78 is 0. The van der Waals surface area contributed by atoms with Crippen LogP contribution < -0.4 is 0 Å². The van der Waals surface area contributed by atoms with Crippen LogP contribution in [0.3, 0.4) is 0 Å². The lowest BCUT2D eigenvalue weighted by atomic mass is 10.1. The number of nitrogens with zero attached hydrogens (tertiary/aromatic N) is 2. The van der Waals surface area contributed by atoms with Gasteiger partial charge in [-0.1, -0.05) is 43.7 Å². The van der Waals surface area contributed by atoms with Crippen LogP contribution in [0, 0.1) is 6.92 Å². The number of hydrogen-bond donors (Lipinski definition) is 0. The monoisotopic (exact) mass is 260 g/mol. The fraction of sp³-hybridized carbons (Fsp3) is 0.333. The van der Waals surface area contributed by atoms with Gasteiger partial charge in [-0.15, -0.1) is 11.6 Å². The zero-order chi connectivity index (χ0) is 13.1. The van der Waals surface area contributed by atoms with Gasteiger partial charge in [0, 0.05) is 17.3 Å². The van der Waals surface area contributed by atoms with Crippen LogP contribution in [0.2, 0.25) is 0 Å². The number of halogens is 1. The molecule has 0 aliphatic carbocycles. The fourth-order valence-electron chi connectivity index (χ4n) is 1.86. The van der Waals surface area contributed by atoms with Crippen LogP contribution in [-0.2, 0) is 5.88 Å². The zero-order valence-corrected chi connectivity index (χ0v) is 11.7. The number of hydrogen-bond acceptors (Lipinski definition) is 2. The van der Waals surface area contributed by atoms with E-state index >= 15 is 0 Å². The molecule has 0 fully saturated rings. The van der Waals surface area contributed by atoms with Crippen molar-refractivity contribution in [3.05, 3.63) is 47.3 Å². The molecule has 1 aromatic carbocycles. The second-order valence-corrected chi connectivity index (χ2v) is 5.03. The van der Waals surface area contributed by atoms with Crippen molar-refractivity contribution >= 4 is 11.6 Å². The molecule has 18 heavy (non-hydrogen) atoms. The third-order valence-electron chi connectivity index (χ3n) is 2.90. The first-order chi connectivity index (χ1) is 8.61. The summed E-state index contributed by atoms with van der Waals surface area (Å²) in [5.41, 5.74) is 4.34. The van der Waals surface area contributed by atoms with Crippen molar-refractivity contribution in [1.82, 2.24) is 9.97 Å². The van der Waals surface area contributed by atoms with Gasteiger partial charge in [-0.25, -0.2) is 9.97 Å². The maximum absolute atomic E-state index is 5.92. The Bertz CT molecular complexity index is 533. The van der Waals surface area contributed by atoms with Gasteiger partial charge >= 0.3 is 0 Å². The third kappa shape index (κ3) is 2.70. The SMILES string of the molecule is Cc1ccc(-c2ncc(CCl)c(C(C)C)n2)cc1. The first kappa shape index (κ1) is 13.0. The van der Waals surface area contributed by atoms with Gasteiger partial charge in [0.1, 0.15) is 0 Å². The second kappa shape index (κ2) is 5.49. The van der Waals surface area contributed by atoms with Crippen LogP contribution in [0.4, 0.5) is 0 Å². The Hall–Kier alpha value is -1.41. The van der Waals surface area contributed by atoms with Crippen molar-refractivity contribution in [2.24, 2.45) is 0 Å². The Labute approximate surface area is 113 Å². The van der Waals surface area contributed by atoms with Gasteiger partial charge < -0.3 is 0 Å². The molecule has 0 aliphatic rings. The molecule has 1 heterocycles. The van der Waals surface area contributed by atoms with Gasteiger partial charge in [-0.2, -0.15) is 0 Å². The molecule has 0 amide bonds. The lowest BCUT2D eigenvalue weighted by molar-refractivity contribution is 0.801. The average Bonchev–Trinajstić information content (AvgIpc) is 2.39. The third-order valence-corrected chi connectivity index (χ3v) is 3.19. The molecule has 94 valence electrons. The summed E-state index contributed by atoms with van der Waals surface area (Å²) in [5.74, 6) is 1.58. The Morgan fingerprint density at radius 3 is 2.39 bits per heavy atom. The predicted molar refractivity (Wildman–Crippen MR) is 75.9 cm³/mol. The molecule has 0 saturated heterocycles. The average molecular weight is 261 g/mol. The molecule has 0 N–H and O–H groups in total. The van der Waals surface area contributed by atoms with Crippen LogP contribution in [0.1, 0.15) is 36.6 Å². The molecule has 2 rings (SSSR count). The molecule has 2 aromatic rings. The van der Waals surface area contributed by atoms with Crippen molar-refractivity contribution in [3.8, 4) is 11.4 Å². The molecule has 1 aromatic heterocycles. The van der Waals surface area contributed by atoms with Gasteiger partial charge in [0.15, 0.2) is 5.82 Å². The van der Waals surface area contributed by atoms with Crippen molar-refractivity contribution in [2.75, 3.05) is 0 Å². The number of alkyl halides is 1. The van der Waals surface area contributed by atoms with E-state index in [0.717, 1.165) is 22.6 Å². The molecule has 0 radical (unpaired) electrons. The predicted octanol–water partition coefficient (Wildman–Crippen LogP) is 4.31. The summed E-state index contributed by atoms with van der Waals surface area (Å²) in [6.07, 6.45) is 1.84. The molecule has 3 heteroatoms. The number of benzene rings is 1.